The van der Waals surface area contributed by atoms with E-state index in [9.17, 15) is 8.42 Å². The van der Waals surface area contributed by atoms with E-state index >= 15 is 0 Å². The van der Waals surface area contributed by atoms with Gasteiger partial charge in [0.15, 0.2) is 0 Å². The molecule has 8 heteroatoms. The zero-order valence-corrected chi connectivity index (χ0v) is 13.2. The van der Waals surface area contributed by atoms with Gasteiger partial charge in [-0.15, -0.1) is 0 Å². The normalized spacial score (nSPS) is 17.3. The molecule has 0 aliphatic carbocycles. The number of hydrogen-bond donors (Lipinski definition) is 2. The van der Waals surface area contributed by atoms with E-state index in [1.807, 2.05) is 0 Å². The molecule has 0 radical (unpaired) electrons. The van der Waals surface area contributed by atoms with Gasteiger partial charge in [-0.05, 0) is 18.2 Å². The van der Waals surface area contributed by atoms with Crippen molar-refractivity contribution in [3.63, 3.8) is 0 Å². The van der Waals surface area contributed by atoms with Crippen molar-refractivity contribution < 1.29 is 18.1 Å². The first-order valence-corrected chi connectivity index (χ1v) is 8.59. The van der Waals surface area contributed by atoms with Gasteiger partial charge in [-0.25, -0.2) is 13.1 Å². The number of benzene rings is 1. The van der Waals surface area contributed by atoms with Gasteiger partial charge in [-0.1, -0.05) is 23.2 Å². The molecule has 1 heterocycles. The van der Waals surface area contributed by atoms with E-state index in [0.29, 0.717) is 11.6 Å². The molecule has 0 atom stereocenters. The van der Waals surface area contributed by atoms with E-state index < -0.39 is 10.0 Å². The second kappa shape index (κ2) is 7.06. The molecule has 1 saturated heterocycles. The zero-order valence-electron chi connectivity index (χ0n) is 10.9. The maximum Gasteiger partial charge on any atom is 0.242 e. The summed E-state index contributed by atoms with van der Waals surface area (Å²) in [4.78, 5) is 1.39. The Morgan fingerprint density at radius 2 is 1.95 bits per heavy atom. The average Bonchev–Trinajstić information content (AvgIpc) is 2.39. The summed E-state index contributed by atoms with van der Waals surface area (Å²) < 4.78 is 32.1. The number of rotatable bonds is 5. The van der Waals surface area contributed by atoms with Crippen molar-refractivity contribution in [2.24, 2.45) is 0 Å². The first-order valence-electron chi connectivity index (χ1n) is 6.35. The van der Waals surface area contributed by atoms with Crippen LogP contribution in [0.5, 0.6) is 0 Å². The third-order valence-corrected chi connectivity index (χ3v) is 5.33. The quantitative estimate of drug-likeness (QED) is 0.804. The van der Waals surface area contributed by atoms with Crippen LogP contribution in [0.15, 0.2) is 23.1 Å². The highest BCUT2D eigenvalue weighted by Crippen LogP contribution is 2.24. The molecular weight excluding hydrogens is 323 g/mol. The Bertz CT molecular complexity index is 560. The fourth-order valence-corrected chi connectivity index (χ4v) is 3.85. The van der Waals surface area contributed by atoms with E-state index in [2.05, 4.69) is 4.72 Å². The van der Waals surface area contributed by atoms with Gasteiger partial charge in [0.2, 0.25) is 10.0 Å². The minimum Gasteiger partial charge on any atom is -0.370 e. The Morgan fingerprint density at radius 1 is 1.25 bits per heavy atom. The number of halogens is 2. The Morgan fingerprint density at radius 3 is 2.60 bits per heavy atom. The number of quaternary nitrogens is 1. The Balaban J connectivity index is 1.93. The van der Waals surface area contributed by atoms with Gasteiger partial charge in [0.1, 0.15) is 18.0 Å². The second-order valence-corrected chi connectivity index (χ2v) is 7.16. The van der Waals surface area contributed by atoms with Crippen molar-refractivity contribution in [1.29, 1.82) is 0 Å². The van der Waals surface area contributed by atoms with E-state index in [4.69, 9.17) is 27.9 Å². The van der Waals surface area contributed by atoms with Crippen LogP contribution in [0.3, 0.4) is 0 Å². The molecular formula is C12H17Cl2N2O3S+. The first kappa shape index (κ1) is 16.0. The second-order valence-electron chi connectivity index (χ2n) is 4.58. The highest BCUT2D eigenvalue weighted by molar-refractivity contribution is 7.89. The molecule has 2 N–H and O–H groups in total. The number of ether oxygens (including phenoxy) is 1. The molecule has 112 valence electrons. The van der Waals surface area contributed by atoms with Crippen LogP contribution in [0.2, 0.25) is 10.0 Å². The predicted molar refractivity (Wildman–Crippen MR) is 78.0 cm³/mol. The van der Waals surface area contributed by atoms with Crippen LogP contribution in [0.1, 0.15) is 0 Å². The Labute approximate surface area is 128 Å². The maximum absolute atomic E-state index is 12.1. The summed E-state index contributed by atoms with van der Waals surface area (Å²) in [5, 5.41) is 0.537. The lowest BCUT2D eigenvalue weighted by Gasteiger charge is -2.23. The summed E-state index contributed by atoms with van der Waals surface area (Å²) in [5.74, 6) is 0. The molecule has 2 rings (SSSR count). The molecule has 1 aliphatic rings. The molecule has 1 fully saturated rings. The number of sulfonamides is 1. The highest BCUT2D eigenvalue weighted by atomic mass is 35.5. The highest BCUT2D eigenvalue weighted by Gasteiger charge is 2.19. The van der Waals surface area contributed by atoms with Crippen molar-refractivity contribution in [3.8, 4) is 0 Å². The number of nitrogens with one attached hydrogen (secondary N) is 2. The monoisotopic (exact) mass is 339 g/mol. The minimum absolute atomic E-state index is 0.0561. The molecule has 0 saturated carbocycles. The largest absolute Gasteiger partial charge is 0.370 e. The van der Waals surface area contributed by atoms with Crippen molar-refractivity contribution >= 4 is 33.2 Å². The fourth-order valence-electron chi connectivity index (χ4n) is 2.04. The van der Waals surface area contributed by atoms with Crippen LogP contribution in [0.25, 0.3) is 0 Å². The molecule has 1 aromatic carbocycles. The van der Waals surface area contributed by atoms with Crippen LogP contribution < -0.4 is 9.62 Å². The number of hydrogen-bond acceptors (Lipinski definition) is 3. The van der Waals surface area contributed by atoms with Crippen LogP contribution in [-0.2, 0) is 14.8 Å². The molecule has 0 bridgehead atoms. The van der Waals surface area contributed by atoms with Crippen molar-refractivity contribution in [2.45, 2.75) is 4.90 Å². The summed E-state index contributed by atoms with van der Waals surface area (Å²) in [6, 6.07) is 4.34. The molecule has 1 aromatic rings. The maximum atomic E-state index is 12.1. The molecule has 0 unspecified atom stereocenters. The van der Waals surface area contributed by atoms with Crippen LogP contribution in [0, 0.1) is 0 Å². The average molecular weight is 340 g/mol. The SMILES string of the molecule is O=S(=O)(NCC[NH+]1CCOCC1)c1ccc(Cl)cc1Cl. The van der Waals surface area contributed by atoms with E-state index in [1.165, 1.54) is 23.1 Å². The summed E-state index contributed by atoms with van der Waals surface area (Å²) in [6.45, 7) is 4.37. The van der Waals surface area contributed by atoms with Gasteiger partial charge in [0.25, 0.3) is 0 Å². The van der Waals surface area contributed by atoms with E-state index in [-0.39, 0.29) is 9.92 Å². The first-order chi connectivity index (χ1) is 9.49. The molecule has 1 aliphatic heterocycles. The lowest BCUT2D eigenvalue weighted by Crippen LogP contribution is -3.14. The topological polar surface area (TPSA) is 59.8 Å². The third kappa shape index (κ3) is 4.31. The van der Waals surface area contributed by atoms with Gasteiger partial charge in [0, 0.05) is 5.02 Å². The van der Waals surface area contributed by atoms with Gasteiger partial charge >= 0.3 is 0 Å². The van der Waals surface area contributed by atoms with Crippen molar-refractivity contribution in [3.05, 3.63) is 28.2 Å². The molecule has 0 spiro atoms. The van der Waals surface area contributed by atoms with Crippen LogP contribution in [-0.4, -0.2) is 47.8 Å². The smallest absolute Gasteiger partial charge is 0.242 e. The summed E-state index contributed by atoms with van der Waals surface area (Å²) >= 11 is 11.7. The molecule has 0 aromatic heterocycles. The Kier molecular flexibility index (Phi) is 5.65. The summed E-state index contributed by atoms with van der Waals surface area (Å²) in [6.07, 6.45) is 0. The zero-order chi connectivity index (χ0) is 14.6. The lowest BCUT2D eigenvalue weighted by atomic mass is 10.4. The minimum atomic E-state index is -3.59. The predicted octanol–water partition coefficient (Wildman–Crippen LogP) is 0.187. The standard InChI is InChI=1S/C12H16Cl2N2O3S/c13-10-1-2-12(11(14)9-10)20(17,18)15-3-4-16-5-7-19-8-6-16/h1-2,9,15H,3-8H2/p+1. The van der Waals surface area contributed by atoms with Gasteiger partial charge in [-0.2, -0.15) is 0 Å². The number of morpholine rings is 1. The summed E-state index contributed by atoms with van der Waals surface area (Å²) in [7, 11) is -3.59. The molecule has 20 heavy (non-hydrogen) atoms. The molecule has 0 amide bonds. The fraction of sp³-hybridized carbons (Fsp3) is 0.500. The van der Waals surface area contributed by atoms with Crippen molar-refractivity contribution in [2.75, 3.05) is 39.4 Å². The lowest BCUT2D eigenvalue weighted by molar-refractivity contribution is -0.906. The van der Waals surface area contributed by atoms with Gasteiger partial charge in [-0.3, -0.25) is 0 Å². The van der Waals surface area contributed by atoms with Crippen molar-refractivity contribution in [1.82, 2.24) is 4.72 Å². The van der Waals surface area contributed by atoms with Gasteiger partial charge < -0.3 is 9.64 Å². The Hall–Kier alpha value is -0.370. The molecule has 5 nitrogen and oxygen atoms in total. The van der Waals surface area contributed by atoms with Crippen LogP contribution in [0.4, 0.5) is 0 Å². The van der Waals surface area contributed by atoms with E-state index in [0.717, 1.165) is 32.8 Å². The van der Waals surface area contributed by atoms with Gasteiger partial charge in [0.05, 0.1) is 31.3 Å². The van der Waals surface area contributed by atoms with Crippen LogP contribution >= 0.6 is 23.2 Å². The van der Waals surface area contributed by atoms with E-state index in [1.54, 1.807) is 0 Å². The third-order valence-electron chi connectivity index (χ3n) is 3.15. The summed E-state index contributed by atoms with van der Waals surface area (Å²) in [5.41, 5.74) is 0.